The van der Waals surface area contributed by atoms with Crippen LogP contribution in [0.4, 0.5) is 0 Å². The summed E-state index contributed by atoms with van der Waals surface area (Å²) in [5, 5.41) is 20.4. The van der Waals surface area contributed by atoms with E-state index in [9.17, 15) is 10.2 Å². The monoisotopic (exact) mass is 264 g/mol. The molecule has 2 heteroatoms. The van der Waals surface area contributed by atoms with E-state index < -0.39 is 0 Å². The molecular weight excluding hydrogens is 236 g/mol. The standard InChI is InChI=1S/C17H28O2/c1-4-7-10-14-12-13(9-6-3)15(11-8-5-2)17(19)16(14)18/h12,18-19H,4-11H2,1-3H3. The minimum Gasteiger partial charge on any atom is -0.504 e. The third-order valence-corrected chi connectivity index (χ3v) is 3.65. The SMILES string of the molecule is CCCCc1cc(CCC)c(CCCC)c(O)c1O. The predicted molar refractivity (Wildman–Crippen MR) is 81.0 cm³/mol. The summed E-state index contributed by atoms with van der Waals surface area (Å²) in [5.74, 6) is 0.241. The van der Waals surface area contributed by atoms with E-state index in [4.69, 9.17) is 0 Å². The van der Waals surface area contributed by atoms with Gasteiger partial charge in [0, 0.05) is 5.56 Å². The predicted octanol–water partition coefficient (Wildman–Crippen LogP) is 4.74. The lowest BCUT2D eigenvalue weighted by Crippen LogP contribution is -1.99. The van der Waals surface area contributed by atoms with E-state index >= 15 is 0 Å². The molecule has 1 aromatic carbocycles. The van der Waals surface area contributed by atoms with E-state index in [0.29, 0.717) is 0 Å². The van der Waals surface area contributed by atoms with Crippen molar-refractivity contribution in [2.75, 3.05) is 0 Å². The second-order valence-electron chi connectivity index (χ2n) is 5.33. The fourth-order valence-corrected chi connectivity index (χ4v) is 2.50. The zero-order valence-corrected chi connectivity index (χ0v) is 12.6. The van der Waals surface area contributed by atoms with Crippen LogP contribution in [0, 0.1) is 0 Å². The van der Waals surface area contributed by atoms with Gasteiger partial charge >= 0.3 is 0 Å². The van der Waals surface area contributed by atoms with Gasteiger partial charge in [-0.25, -0.2) is 0 Å². The van der Waals surface area contributed by atoms with Crippen LogP contribution in [0.5, 0.6) is 11.5 Å². The lowest BCUT2D eigenvalue weighted by atomic mass is 9.93. The fourth-order valence-electron chi connectivity index (χ4n) is 2.50. The largest absolute Gasteiger partial charge is 0.504 e. The molecule has 19 heavy (non-hydrogen) atoms. The molecule has 2 nitrogen and oxygen atoms in total. The molecule has 2 N–H and O–H groups in total. The van der Waals surface area contributed by atoms with Crippen LogP contribution < -0.4 is 0 Å². The third-order valence-electron chi connectivity index (χ3n) is 3.65. The van der Waals surface area contributed by atoms with Gasteiger partial charge in [0.05, 0.1) is 0 Å². The highest BCUT2D eigenvalue weighted by molar-refractivity contribution is 5.54. The van der Waals surface area contributed by atoms with Crippen molar-refractivity contribution >= 4 is 0 Å². The van der Waals surface area contributed by atoms with Crippen LogP contribution in [0.1, 0.15) is 69.6 Å². The van der Waals surface area contributed by atoms with Crippen LogP contribution in [0.25, 0.3) is 0 Å². The molecular formula is C17H28O2. The van der Waals surface area contributed by atoms with Gasteiger partial charge in [0.15, 0.2) is 11.5 Å². The Bertz CT molecular complexity index is 397. The Morgan fingerprint density at radius 2 is 1.37 bits per heavy atom. The normalized spacial score (nSPS) is 10.9. The molecule has 0 aliphatic heterocycles. The van der Waals surface area contributed by atoms with Crippen LogP contribution in [-0.4, -0.2) is 10.2 Å². The summed E-state index contributed by atoms with van der Waals surface area (Å²) in [4.78, 5) is 0. The molecule has 0 radical (unpaired) electrons. The Kier molecular flexibility index (Phi) is 6.75. The highest BCUT2D eigenvalue weighted by atomic mass is 16.3. The van der Waals surface area contributed by atoms with Gasteiger partial charge in [-0.05, 0) is 43.2 Å². The number of phenols is 2. The Morgan fingerprint density at radius 3 is 1.95 bits per heavy atom. The zero-order chi connectivity index (χ0) is 14.3. The van der Waals surface area contributed by atoms with Crippen molar-refractivity contribution in [2.24, 2.45) is 0 Å². The molecule has 0 aromatic heterocycles. The van der Waals surface area contributed by atoms with Crippen molar-refractivity contribution in [3.05, 3.63) is 22.8 Å². The van der Waals surface area contributed by atoms with Gasteiger partial charge in [-0.15, -0.1) is 0 Å². The molecule has 0 saturated heterocycles. The first-order valence-corrected chi connectivity index (χ1v) is 7.71. The lowest BCUT2D eigenvalue weighted by molar-refractivity contribution is 0.393. The molecule has 108 valence electrons. The van der Waals surface area contributed by atoms with Crippen molar-refractivity contribution in [2.45, 2.75) is 72.1 Å². The van der Waals surface area contributed by atoms with Crippen molar-refractivity contribution in [1.29, 1.82) is 0 Å². The number of unbranched alkanes of at least 4 members (excludes halogenated alkanes) is 2. The Morgan fingerprint density at radius 1 is 0.737 bits per heavy atom. The quantitative estimate of drug-likeness (QED) is 0.666. The number of aryl methyl sites for hydroxylation is 2. The van der Waals surface area contributed by atoms with Gasteiger partial charge in [0.1, 0.15) is 0 Å². The van der Waals surface area contributed by atoms with E-state index in [1.165, 1.54) is 5.56 Å². The van der Waals surface area contributed by atoms with Crippen LogP contribution in [0.15, 0.2) is 6.07 Å². The summed E-state index contributed by atoms with van der Waals surface area (Å²) < 4.78 is 0. The first-order valence-electron chi connectivity index (χ1n) is 7.71. The van der Waals surface area contributed by atoms with E-state index in [2.05, 4.69) is 26.8 Å². The smallest absolute Gasteiger partial charge is 0.161 e. The summed E-state index contributed by atoms with van der Waals surface area (Å²) in [5.41, 5.74) is 3.09. The second-order valence-corrected chi connectivity index (χ2v) is 5.33. The minimum absolute atomic E-state index is 0.111. The number of hydrogen-bond donors (Lipinski definition) is 2. The average molecular weight is 264 g/mol. The van der Waals surface area contributed by atoms with E-state index in [-0.39, 0.29) is 11.5 Å². The summed E-state index contributed by atoms with van der Waals surface area (Å²) in [6, 6.07) is 2.11. The van der Waals surface area contributed by atoms with Crippen LogP contribution in [0.2, 0.25) is 0 Å². The number of rotatable bonds is 8. The molecule has 1 aromatic rings. The fraction of sp³-hybridized carbons (Fsp3) is 0.647. The molecule has 0 aliphatic rings. The molecule has 0 bridgehead atoms. The van der Waals surface area contributed by atoms with Crippen LogP contribution in [-0.2, 0) is 19.3 Å². The topological polar surface area (TPSA) is 40.5 Å². The second kappa shape index (κ2) is 8.08. The maximum atomic E-state index is 10.3. The Labute approximate surface area is 117 Å². The van der Waals surface area contributed by atoms with Crippen molar-refractivity contribution < 1.29 is 10.2 Å². The number of phenolic OH excluding ortho intramolecular Hbond substituents is 2. The molecule has 0 aliphatic carbocycles. The van der Waals surface area contributed by atoms with Gasteiger partial charge in [0.2, 0.25) is 0 Å². The van der Waals surface area contributed by atoms with E-state index in [1.54, 1.807) is 0 Å². The van der Waals surface area contributed by atoms with E-state index in [0.717, 1.165) is 62.5 Å². The van der Waals surface area contributed by atoms with Crippen LogP contribution in [0.3, 0.4) is 0 Å². The first kappa shape index (κ1) is 15.9. The van der Waals surface area contributed by atoms with Gasteiger partial charge in [-0.2, -0.15) is 0 Å². The number of aromatic hydroxyl groups is 2. The highest BCUT2D eigenvalue weighted by Gasteiger charge is 2.16. The lowest BCUT2D eigenvalue weighted by Gasteiger charge is -2.16. The Balaban J connectivity index is 3.11. The maximum absolute atomic E-state index is 10.3. The molecule has 0 heterocycles. The van der Waals surface area contributed by atoms with Gasteiger partial charge in [-0.3, -0.25) is 0 Å². The third kappa shape index (κ3) is 4.15. The molecule has 0 fully saturated rings. The summed E-state index contributed by atoms with van der Waals surface area (Å²) in [6.45, 7) is 6.44. The minimum atomic E-state index is 0.111. The zero-order valence-electron chi connectivity index (χ0n) is 12.6. The molecule has 0 atom stereocenters. The summed E-state index contributed by atoms with van der Waals surface area (Å²) >= 11 is 0. The molecule has 0 spiro atoms. The molecule has 0 amide bonds. The van der Waals surface area contributed by atoms with E-state index in [1.807, 2.05) is 0 Å². The first-order chi connectivity index (χ1) is 9.15. The summed E-state index contributed by atoms with van der Waals surface area (Å²) in [7, 11) is 0. The van der Waals surface area contributed by atoms with Crippen molar-refractivity contribution in [3.63, 3.8) is 0 Å². The number of hydrogen-bond acceptors (Lipinski definition) is 2. The Hall–Kier alpha value is -1.18. The average Bonchev–Trinajstić information content (AvgIpc) is 2.41. The van der Waals surface area contributed by atoms with Gasteiger partial charge in [0.25, 0.3) is 0 Å². The molecule has 1 rings (SSSR count). The van der Waals surface area contributed by atoms with Crippen molar-refractivity contribution in [3.8, 4) is 11.5 Å². The maximum Gasteiger partial charge on any atom is 0.161 e. The van der Waals surface area contributed by atoms with Crippen LogP contribution >= 0.6 is 0 Å². The number of benzene rings is 1. The summed E-state index contributed by atoms with van der Waals surface area (Å²) in [6.07, 6.45) is 8.05. The van der Waals surface area contributed by atoms with Gasteiger partial charge in [-0.1, -0.05) is 46.1 Å². The molecule has 0 saturated carbocycles. The van der Waals surface area contributed by atoms with Gasteiger partial charge < -0.3 is 10.2 Å². The highest BCUT2D eigenvalue weighted by Crippen LogP contribution is 2.37. The molecule has 0 unspecified atom stereocenters. The van der Waals surface area contributed by atoms with Crippen molar-refractivity contribution in [1.82, 2.24) is 0 Å².